The molecule has 0 amide bonds. The summed E-state index contributed by atoms with van der Waals surface area (Å²) in [7, 11) is 0. The van der Waals surface area contributed by atoms with E-state index in [1.165, 1.54) is 11.6 Å². The second-order valence-electron chi connectivity index (χ2n) is 4.77. The average molecular weight is 260 g/mol. The van der Waals surface area contributed by atoms with Crippen molar-refractivity contribution in [1.82, 2.24) is 0 Å². The fourth-order valence-electron chi connectivity index (χ4n) is 2.50. The highest BCUT2D eigenvalue weighted by atomic mass is 19.2. The number of nitrogens with two attached hydrogens (primary N) is 1. The third kappa shape index (κ3) is 2.14. The molecule has 0 radical (unpaired) electrons. The second kappa shape index (κ2) is 4.53. The molecule has 2 N–H and O–H groups in total. The number of fused-ring (bicyclic) bond motifs is 1. The lowest BCUT2D eigenvalue weighted by Gasteiger charge is -2.20. The standard InChI is InChI=1S/C15H14F2N2/c16-13-3-1-2-11(15(13)17)9-19-7-6-10-4-5-12(18)8-14(10)19/h1-5,8H,6-7,9,18H2. The van der Waals surface area contributed by atoms with E-state index in [2.05, 4.69) is 0 Å². The van der Waals surface area contributed by atoms with Crippen molar-refractivity contribution in [3.8, 4) is 0 Å². The van der Waals surface area contributed by atoms with Crippen LogP contribution in [0.5, 0.6) is 0 Å². The fraction of sp³-hybridized carbons (Fsp3) is 0.200. The molecule has 0 unspecified atom stereocenters. The summed E-state index contributed by atoms with van der Waals surface area (Å²) in [6.45, 7) is 1.16. The van der Waals surface area contributed by atoms with Crippen LogP contribution in [-0.4, -0.2) is 6.54 Å². The zero-order valence-electron chi connectivity index (χ0n) is 10.4. The molecule has 1 aliphatic rings. The molecular weight excluding hydrogens is 246 g/mol. The smallest absolute Gasteiger partial charge is 0.163 e. The summed E-state index contributed by atoms with van der Waals surface area (Å²) >= 11 is 0. The number of halogens is 2. The van der Waals surface area contributed by atoms with Crippen LogP contribution in [-0.2, 0) is 13.0 Å². The molecule has 3 rings (SSSR count). The number of nitrogen functional groups attached to an aromatic ring is 1. The molecule has 0 atom stereocenters. The Morgan fingerprint density at radius 3 is 2.84 bits per heavy atom. The Balaban J connectivity index is 1.90. The normalized spacial score (nSPS) is 13.7. The third-order valence-electron chi connectivity index (χ3n) is 3.49. The van der Waals surface area contributed by atoms with Crippen molar-refractivity contribution in [2.24, 2.45) is 0 Å². The van der Waals surface area contributed by atoms with Crippen molar-refractivity contribution < 1.29 is 8.78 Å². The maximum atomic E-state index is 13.7. The van der Waals surface area contributed by atoms with Gasteiger partial charge in [-0.15, -0.1) is 0 Å². The third-order valence-corrected chi connectivity index (χ3v) is 3.49. The van der Waals surface area contributed by atoms with E-state index in [0.29, 0.717) is 17.8 Å². The van der Waals surface area contributed by atoms with Crippen LogP contribution in [0.1, 0.15) is 11.1 Å². The van der Waals surface area contributed by atoms with Crippen LogP contribution >= 0.6 is 0 Å². The van der Waals surface area contributed by atoms with Crippen LogP contribution in [0.4, 0.5) is 20.2 Å². The molecule has 0 bridgehead atoms. The zero-order valence-corrected chi connectivity index (χ0v) is 10.4. The predicted octanol–water partition coefficient (Wildman–Crippen LogP) is 3.11. The highest BCUT2D eigenvalue weighted by molar-refractivity contribution is 5.64. The SMILES string of the molecule is Nc1ccc2c(c1)N(Cc1cccc(F)c1F)CC2. The van der Waals surface area contributed by atoms with Gasteiger partial charge in [0.05, 0.1) is 0 Å². The summed E-state index contributed by atoms with van der Waals surface area (Å²) in [4.78, 5) is 2.03. The quantitative estimate of drug-likeness (QED) is 0.841. The maximum Gasteiger partial charge on any atom is 0.163 e. The molecule has 4 heteroatoms. The van der Waals surface area contributed by atoms with Crippen molar-refractivity contribution in [3.63, 3.8) is 0 Å². The monoisotopic (exact) mass is 260 g/mol. The summed E-state index contributed by atoms with van der Waals surface area (Å²) in [5.41, 5.74) is 9.05. The summed E-state index contributed by atoms with van der Waals surface area (Å²) in [6, 6.07) is 10.0. The summed E-state index contributed by atoms with van der Waals surface area (Å²) in [6.07, 6.45) is 0.909. The highest BCUT2D eigenvalue weighted by Gasteiger charge is 2.20. The molecule has 1 aliphatic heterocycles. The molecule has 1 heterocycles. The molecule has 2 aromatic rings. The van der Waals surface area contributed by atoms with Gasteiger partial charge in [-0.3, -0.25) is 0 Å². The Kier molecular flexibility index (Phi) is 2.85. The summed E-state index contributed by atoms with van der Waals surface area (Å²) < 4.78 is 26.9. The molecule has 0 fully saturated rings. The predicted molar refractivity (Wildman–Crippen MR) is 72.0 cm³/mol. The van der Waals surface area contributed by atoms with Crippen LogP contribution < -0.4 is 10.6 Å². The molecule has 19 heavy (non-hydrogen) atoms. The summed E-state index contributed by atoms with van der Waals surface area (Å²) in [5, 5.41) is 0. The zero-order chi connectivity index (χ0) is 13.4. The van der Waals surface area contributed by atoms with Crippen molar-refractivity contribution in [3.05, 3.63) is 59.2 Å². The first-order valence-corrected chi connectivity index (χ1v) is 6.21. The molecule has 2 nitrogen and oxygen atoms in total. The lowest BCUT2D eigenvalue weighted by Crippen LogP contribution is -2.20. The highest BCUT2D eigenvalue weighted by Crippen LogP contribution is 2.31. The van der Waals surface area contributed by atoms with E-state index in [0.717, 1.165) is 24.7 Å². The Hall–Kier alpha value is -2.10. The number of benzene rings is 2. The van der Waals surface area contributed by atoms with Crippen LogP contribution in [0, 0.1) is 11.6 Å². The summed E-state index contributed by atoms with van der Waals surface area (Å²) in [5.74, 6) is -1.57. The van der Waals surface area contributed by atoms with Crippen molar-refractivity contribution in [2.75, 3.05) is 17.2 Å². The van der Waals surface area contributed by atoms with Gasteiger partial charge in [-0.05, 0) is 30.2 Å². The second-order valence-corrected chi connectivity index (χ2v) is 4.77. The van der Waals surface area contributed by atoms with E-state index in [1.807, 2.05) is 23.1 Å². The van der Waals surface area contributed by atoms with Gasteiger partial charge in [0.2, 0.25) is 0 Å². The van der Waals surface area contributed by atoms with Gasteiger partial charge in [0, 0.05) is 30.0 Å². The average Bonchev–Trinajstić information content (AvgIpc) is 2.78. The number of anilines is 2. The van der Waals surface area contributed by atoms with E-state index < -0.39 is 11.6 Å². The van der Waals surface area contributed by atoms with E-state index in [4.69, 9.17) is 5.73 Å². The Bertz CT molecular complexity index is 626. The molecule has 0 spiro atoms. The lowest BCUT2D eigenvalue weighted by molar-refractivity contribution is 0.497. The largest absolute Gasteiger partial charge is 0.399 e. The molecule has 0 aliphatic carbocycles. The van der Waals surface area contributed by atoms with Gasteiger partial charge in [-0.1, -0.05) is 18.2 Å². The van der Waals surface area contributed by atoms with Crippen LogP contribution in [0.25, 0.3) is 0 Å². The number of rotatable bonds is 2. The van der Waals surface area contributed by atoms with Crippen LogP contribution in [0.15, 0.2) is 36.4 Å². The van der Waals surface area contributed by atoms with E-state index in [1.54, 1.807) is 6.07 Å². The Labute approximate surface area is 110 Å². The topological polar surface area (TPSA) is 29.3 Å². The minimum Gasteiger partial charge on any atom is -0.399 e. The van der Waals surface area contributed by atoms with Crippen molar-refractivity contribution in [1.29, 1.82) is 0 Å². The van der Waals surface area contributed by atoms with Gasteiger partial charge < -0.3 is 10.6 Å². The minimum absolute atomic E-state index is 0.361. The van der Waals surface area contributed by atoms with Gasteiger partial charge in [-0.2, -0.15) is 0 Å². The molecule has 0 saturated carbocycles. The van der Waals surface area contributed by atoms with Crippen molar-refractivity contribution >= 4 is 11.4 Å². The van der Waals surface area contributed by atoms with Crippen molar-refractivity contribution in [2.45, 2.75) is 13.0 Å². The molecule has 98 valence electrons. The van der Waals surface area contributed by atoms with Crippen LogP contribution in [0.2, 0.25) is 0 Å². The van der Waals surface area contributed by atoms with Gasteiger partial charge in [0.1, 0.15) is 0 Å². The number of nitrogens with zero attached hydrogens (tertiary/aromatic N) is 1. The Morgan fingerprint density at radius 2 is 2.00 bits per heavy atom. The van der Waals surface area contributed by atoms with E-state index in [9.17, 15) is 8.78 Å². The first kappa shape index (κ1) is 12.0. The fourth-order valence-corrected chi connectivity index (χ4v) is 2.50. The first-order valence-electron chi connectivity index (χ1n) is 6.21. The van der Waals surface area contributed by atoms with Gasteiger partial charge in [0.25, 0.3) is 0 Å². The molecule has 0 saturated heterocycles. The van der Waals surface area contributed by atoms with Gasteiger partial charge in [-0.25, -0.2) is 8.78 Å². The maximum absolute atomic E-state index is 13.7. The molecule has 2 aromatic carbocycles. The van der Waals surface area contributed by atoms with Gasteiger partial charge >= 0.3 is 0 Å². The van der Waals surface area contributed by atoms with E-state index in [-0.39, 0.29) is 0 Å². The number of hydrogen-bond donors (Lipinski definition) is 1. The van der Waals surface area contributed by atoms with Crippen LogP contribution in [0.3, 0.4) is 0 Å². The molecule has 0 aromatic heterocycles. The minimum atomic E-state index is -0.801. The lowest BCUT2D eigenvalue weighted by atomic mass is 10.1. The van der Waals surface area contributed by atoms with Gasteiger partial charge in [0.15, 0.2) is 11.6 Å². The first-order chi connectivity index (χ1) is 9.15. The Morgan fingerprint density at radius 1 is 1.16 bits per heavy atom. The van der Waals surface area contributed by atoms with E-state index >= 15 is 0 Å². The number of hydrogen-bond acceptors (Lipinski definition) is 2. The molecular formula is C15H14F2N2.